The highest BCUT2D eigenvalue weighted by atomic mass is 35.5. The van der Waals surface area contributed by atoms with Gasteiger partial charge in [-0.05, 0) is 56.3 Å². The molecular weight excluding hydrogens is 391 g/mol. The van der Waals surface area contributed by atoms with E-state index in [1.165, 1.54) is 18.2 Å². The molecule has 0 spiro atoms. The summed E-state index contributed by atoms with van der Waals surface area (Å²) in [5.74, 6) is -0.754. The quantitative estimate of drug-likeness (QED) is 0.619. The van der Waals surface area contributed by atoms with Crippen LogP contribution in [-0.2, 0) is 17.9 Å². The van der Waals surface area contributed by atoms with Gasteiger partial charge in [-0.25, -0.2) is 4.39 Å². The second kappa shape index (κ2) is 9.58. The molecule has 1 amide bonds. The van der Waals surface area contributed by atoms with Crippen LogP contribution in [0.3, 0.4) is 0 Å². The van der Waals surface area contributed by atoms with Gasteiger partial charge >= 0.3 is 0 Å². The van der Waals surface area contributed by atoms with E-state index in [2.05, 4.69) is 15.3 Å². The maximum atomic E-state index is 13.3. The van der Waals surface area contributed by atoms with Crippen LogP contribution in [-0.4, -0.2) is 27.3 Å². The molecule has 0 fully saturated rings. The Morgan fingerprint density at radius 1 is 1.00 bits per heavy atom. The summed E-state index contributed by atoms with van der Waals surface area (Å²) in [6.45, 7) is 4.98. The number of hydrogen-bond acceptors (Lipinski definition) is 4. The Morgan fingerprint density at radius 3 is 2.10 bits per heavy atom. The second-order valence-corrected chi connectivity index (χ2v) is 7.27. The molecule has 0 bridgehead atoms. The molecule has 29 heavy (non-hydrogen) atoms. The van der Waals surface area contributed by atoms with Crippen LogP contribution in [0.5, 0.6) is 0 Å². The van der Waals surface area contributed by atoms with Crippen molar-refractivity contribution in [1.82, 2.24) is 14.9 Å². The number of amides is 1. The lowest BCUT2D eigenvalue weighted by molar-refractivity contribution is -0.117. The van der Waals surface area contributed by atoms with Crippen molar-refractivity contribution >= 4 is 23.2 Å². The van der Waals surface area contributed by atoms with Gasteiger partial charge in [0.2, 0.25) is 5.91 Å². The van der Waals surface area contributed by atoms with Crippen molar-refractivity contribution in [3.8, 4) is 0 Å². The number of halogens is 2. The van der Waals surface area contributed by atoms with Crippen molar-refractivity contribution in [3.63, 3.8) is 0 Å². The number of carbonyl (C=O) groups excluding carboxylic acids is 1. The van der Waals surface area contributed by atoms with E-state index in [0.717, 1.165) is 22.8 Å². The summed E-state index contributed by atoms with van der Waals surface area (Å²) in [6, 6.07) is 15.7. The molecule has 0 radical (unpaired) electrons. The highest BCUT2D eigenvalue weighted by molar-refractivity contribution is 6.31. The van der Waals surface area contributed by atoms with Gasteiger partial charge < -0.3 is 5.32 Å². The molecule has 1 aromatic carbocycles. The zero-order valence-electron chi connectivity index (χ0n) is 16.3. The van der Waals surface area contributed by atoms with Gasteiger partial charge in [-0.3, -0.25) is 19.7 Å². The zero-order valence-corrected chi connectivity index (χ0v) is 17.1. The van der Waals surface area contributed by atoms with Crippen LogP contribution in [0.25, 0.3) is 0 Å². The summed E-state index contributed by atoms with van der Waals surface area (Å²) >= 11 is 5.79. The SMILES string of the molecule is Cc1cccc(CN(CC(=O)Nc2ccc(F)c(Cl)c2)Cc2cccc(C)n2)n1. The number of nitrogens with one attached hydrogen (secondary N) is 1. The lowest BCUT2D eigenvalue weighted by Gasteiger charge is -2.21. The number of aromatic nitrogens is 2. The number of rotatable bonds is 7. The molecule has 150 valence electrons. The van der Waals surface area contributed by atoms with Crippen LogP contribution < -0.4 is 5.32 Å². The van der Waals surface area contributed by atoms with Crippen LogP contribution >= 0.6 is 11.6 Å². The Morgan fingerprint density at radius 2 is 1.59 bits per heavy atom. The van der Waals surface area contributed by atoms with E-state index >= 15 is 0 Å². The fraction of sp³-hybridized carbons (Fsp3) is 0.227. The molecule has 0 atom stereocenters. The number of pyridine rings is 2. The topological polar surface area (TPSA) is 58.1 Å². The fourth-order valence-electron chi connectivity index (χ4n) is 2.98. The van der Waals surface area contributed by atoms with Crippen molar-refractivity contribution in [2.24, 2.45) is 0 Å². The molecule has 7 heteroatoms. The first-order chi connectivity index (χ1) is 13.9. The Labute approximate surface area is 174 Å². The van der Waals surface area contributed by atoms with Gasteiger partial charge in [0.25, 0.3) is 0 Å². The third-order valence-corrected chi connectivity index (χ3v) is 4.52. The van der Waals surface area contributed by atoms with E-state index in [9.17, 15) is 9.18 Å². The van der Waals surface area contributed by atoms with E-state index in [4.69, 9.17) is 11.6 Å². The zero-order chi connectivity index (χ0) is 20.8. The maximum absolute atomic E-state index is 13.3. The van der Waals surface area contributed by atoms with Crippen molar-refractivity contribution in [3.05, 3.63) is 88.2 Å². The molecule has 2 aromatic heterocycles. The average molecular weight is 413 g/mol. The average Bonchev–Trinajstić information content (AvgIpc) is 2.64. The molecule has 1 N–H and O–H groups in total. The first-order valence-electron chi connectivity index (χ1n) is 9.21. The Hall–Kier alpha value is -2.83. The summed E-state index contributed by atoms with van der Waals surface area (Å²) in [7, 11) is 0. The summed E-state index contributed by atoms with van der Waals surface area (Å²) in [6.07, 6.45) is 0. The van der Waals surface area contributed by atoms with Crippen molar-refractivity contribution in [2.75, 3.05) is 11.9 Å². The third kappa shape index (κ3) is 6.34. The minimum absolute atomic E-state index is 0.0347. The monoisotopic (exact) mass is 412 g/mol. The summed E-state index contributed by atoms with van der Waals surface area (Å²) in [5.41, 5.74) is 4.03. The smallest absolute Gasteiger partial charge is 0.238 e. The normalized spacial score (nSPS) is 10.9. The molecule has 3 aromatic rings. The van der Waals surface area contributed by atoms with Gasteiger partial charge in [0.1, 0.15) is 5.82 Å². The first-order valence-corrected chi connectivity index (χ1v) is 9.59. The predicted octanol–water partition coefficient (Wildman–Crippen LogP) is 4.53. The fourth-order valence-corrected chi connectivity index (χ4v) is 3.16. The summed E-state index contributed by atoms with van der Waals surface area (Å²) < 4.78 is 13.3. The van der Waals surface area contributed by atoms with Crippen LogP contribution in [0, 0.1) is 19.7 Å². The predicted molar refractivity (Wildman–Crippen MR) is 112 cm³/mol. The molecule has 5 nitrogen and oxygen atoms in total. The number of benzene rings is 1. The molecule has 0 unspecified atom stereocenters. The molecule has 0 aliphatic heterocycles. The summed E-state index contributed by atoms with van der Waals surface area (Å²) in [4.78, 5) is 23.6. The van der Waals surface area contributed by atoms with E-state index in [-0.39, 0.29) is 17.5 Å². The Balaban J connectivity index is 1.74. The van der Waals surface area contributed by atoms with E-state index in [1.54, 1.807) is 0 Å². The van der Waals surface area contributed by atoms with Gasteiger partial charge in [-0.1, -0.05) is 23.7 Å². The highest BCUT2D eigenvalue weighted by Gasteiger charge is 2.15. The maximum Gasteiger partial charge on any atom is 0.238 e. The third-order valence-electron chi connectivity index (χ3n) is 4.23. The van der Waals surface area contributed by atoms with Crippen molar-refractivity contribution in [1.29, 1.82) is 0 Å². The Bertz CT molecular complexity index is 964. The van der Waals surface area contributed by atoms with Crippen LogP contribution in [0.4, 0.5) is 10.1 Å². The van der Waals surface area contributed by atoms with Gasteiger partial charge in [-0.15, -0.1) is 0 Å². The molecular formula is C22H22ClFN4O. The van der Waals surface area contributed by atoms with Crippen LogP contribution in [0.2, 0.25) is 5.02 Å². The van der Waals surface area contributed by atoms with Gasteiger partial charge in [-0.2, -0.15) is 0 Å². The lowest BCUT2D eigenvalue weighted by atomic mass is 10.2. The van der Waals surface area contributed by atoms with Crippen molar-refractivity contribution in [2.45, 2.75) is 26.9 Å². The van der Waals surface area contributed by atoms with Crippen molar-refractivity contribution < 1.29 is 9.18 Å². The molecule has 3 rings (SSSR count). The summed E-state index contributed by atoms with van der Waals surface area (Å²) in [5, 5.41) is 2.73. The Kier molecular flexibility index (Phi) is 6.90. The van der Waals surface area contributed by atoms with E-state index in [1.807, 2.05) is 55.1 Å². The van der Waals surface area contributed by atoms with Gasteiger partial charge in [0.05, 0.1) is 23.0 Å². The highest BCUT2D eigenvalue weighted by Crippen LogP contribution is 2.19. The molecule has 0 aliphatic rings. The number of carbonyl (C=O) groups is 1. The molecule has 0 aliphatic carbocycles. The first kappa shape index (κ1) is 20.9. The lowest BCUT2D eigenvalue weighted by Crippen LogP contribution is -2.33. The standard InChI is InChI=1S/C22H22ClFN4O/c1-15-5-3-7-18(25-15)12-28(13-19-8-4-6-16(2)26-19)14-22(29)27-17-9-10-21(24)20(23)11-17/h3-11H,12-14H2,1-2H3,(H,27,29). The number of anilines is 1. The number of nitrogens with zero attached hydrogens (tertiary/aromatic N) is 3. The number of hydrogen-bond donors (Lipinski definition) is 1. The molecule has 0 saturated heterocycles. The minimum Gasteiger partial charge on any atom is -0.325 e. The van der Waals surface area contributed by atoms with E-state index < -0.39 is 5.82 Å². The second-order valence-electron chi connectivity index (χ2n) is 6.86. The van der Waals surface area contributed by atoms with E-state index in [0.29, 0.717) is 18.8 Å². The van der Waals surface area contributed by atoms with Gasteiger partial charge in [0.15, 0.2) is 0 Å². The van der Waals surface area contributed by atoms with Crippen LogP contribution in [0.1, 0.15) is 22.8 Å². The minimum atomic E-state index is -0.526. The molecule has 0 saturated carbocycles. The number of aryl methyl sites for hydroxylation is 2. The van der Waals surface area contributed by atoms with Crippen LogP contribution in [0.15, 0.2) is 54.6 Å². The molecule has 2 heterocycles. The van der Waals surface area contributed by atoms with Gasteiger partial charge in [0, 0.05) is 30.2 Å². The largest absolute Gasteiger partial charge is 0.325 e.